The van der Waals surface area contributed by atoms with Crippen molar-refractivity contribution in [1.82, 2.24) is 9.38 Å². The molecule has 0 spiro atoms. The van der Waals surface area contributed by atoms with E-state index < -0.39 is 0 Å². The molecule has 0 radical (unpaired) electrons. The van der Waals surface area contributed by atoms with Crippen LogP contribution in [0.25, 0.3) is 5.52 Å². The molecule has 0 saturated heterocycles. The summed E-state index contributed by atoms with van der Waals surface area (Å²) in [6, 6.07) is 4.26. The first kappa shape index (κ1) is 11.3. The smallest absolute Gasteiger partial charge is 0.132 e. The van der Waals surface area contributed by atoms with Crippen LogP contribution in [0.2, 0.25) is 0 Å². The number of aromatic nitrogens is 2. The predicted molar refractivity (Wildman–Crippen MR) is 73.5 cm³/mol. The minimum absolute atomic E-state index is 0.643. The Labute approximate surface area is 110 Å². The molecule has 1 saturated carbocycles. The Balaban J connectivity index is 2.13. The van der Waals surface area contributed by atoms with Gasteiger partial charge in [0.05, 0.1) is 5.52 Å². The third-order valence-electron chi connectivity index (χ3n) is 3.82. The van der Waals surface area contributed by atoms with E-state index in [2.05, 4.69) is 45.6 Å². The number of rotatable bonds is 1. The zero-order chi connectivity index (χ0) is 11.8. The van der Waals surface area contributed by atoms with Crippen LogP contribution in [0.5, 0.6) is 0 Å². The third kappa shape index (κ3) is 1.90. The fourth-order valence-corrected chi connectivity index (χ4v) is 3.61. The highest BCUT2D eigenvalue weighted by Gasteiger charge is 2.21. The summed E-state index contributed by atoms with van der Waals surface area (Å²) in [5.74, 6) is 1.89. The number of aryl methyl sites for hydroxylation is 1. The van der Waals surface area contributed by atoms with Crippen molar-refractivity contribution in [1.29, 1.82) is 0 Å². The molecule has 1 aliphatic carbocycles. The molecule has 0 unspecified atom stereocenters. The van der Waals surface area contributed by atoms with Crippen LogP contribution in [0.15, 0.2) is 22.9 Å². The van der Waals surface area contributed by atoms with Gasteiger partial charge < -0.3 is 4.40 Å². The maximum atomic E-state index is 4.75. The maximum absolute atomic E-state index is 4.75. The largest absolute Gasteiger partial charge is 0.302 e. The normalized spacial score (nSPS) is 17.8. The van der Waals surface area contributed by atoms with Crippen molar-refractivity contribution in [2.24, 2.45) is 0 Å². The maximum Gasteiger partial charge on any atom is 0.132 e. The summed E-state index contributed by atoms with van der Waals surface area (Å²) in [6.07, 6.45) is 8.81. The van der Waals surface area contributed by atoms with Crippen LogP contribution in [0, 0.1) is 6.92 Å². The van der Waals surface area contributed by atoms with E-state index in [0.29, 0.717) is 5.92 Å². The van der Waals surface area contributed by atoms with Gasteiger partial charge in [0.1, 0.15) is 10.4 Å². The van der Waals surface area contributed by atoms with Crippen LogP contribution in [0.3, 0.4) is 0 Å². The lowest BCUT2D eigenvalue weighted by molar-refractivity contribution is 0.427. The Morgan fingerprint density at radius 1 is 1.29 bits per heavy atom. The lowest BCUT2D eigenvalue weighted by Crippen LogP contribution is -2.08. The zero-order valence-electron chi connectivity index (χ0n) is 10.1. The molecule has 3 rings (SSSR count). The van der Waals surface area contributed by atoms with Gasteiger partial charge in [-0.1, -0.05) is 25.3 Å². The van der Waals surface area contributed by atoms with Crippen LogP contribution in [-0.4, -0.2) is 9.38 Å². The Kier molecular flexibility index (Phi) is 2.95. The van der Waals surface area contributed by atoms with Crippen LogP contribution in [0.4, 0.5) is 0 Å². The fraction of sp³-hybridized carbons (Fsp3) is 0.500. The van der Waals surface area contributed by atoms with Gasteiger partial charge in [-0.3, -0.25) is 0 Å². The van der Waals surface area contributed by atoms with Crippen molar-refractivity contribution in [2.75, 3.05) is 0 Å². The molecule has 2 aromatic heterocycles. The summed E-state index contributed by atoms with van der Waals surface area (Å²) in [4.78, 5) is 4.75. The van der Waals surface area contributed by atoms with Crippen LogP contribution in [0.1, 0.15) is 49.4 Å². The number of halogens is 1. The first-order chi connectivity index (χ1) is 8.27. The van der Waals surface area contributed by atoms with Gasteiger partial charge in [-0.25, -0.2) is 4.98 Å². The summed E-state index contributed by atoms with van der Waals surface area (Å²) in [5.41, 5.74) is 2.52. The van der Waals surface area contributed by atoms with E-state index in [9.17, 15) is 0 Å². The van der Waals surface area contributed by atoms with E-state index in [-0.39, 0.29) is 0 Å². The van der Waals surface area contributed by atoms with E-state index >= 15 is 0 Å². The van der Waals surface area contributed by atoms with Gasteiger partial charge in [-0.05, 0) is 47.3 Å². The molecular weight excluding hydrogens is 276 g/mol. The van der Waals surface area contributed by atoms with Gasteiger partial charge in [0.25, 0.3) is 0 Å². The van der Waals surface area contributed by atoms with Crippen LogP contribution >= 0.6 is 15.9 Å². The number of nitrogens with zero attached hydrogens (tertiary/aromatic N) is 2. The molecule has 2 heterocycles. The second-order valence-electron chi connectivity index (χ2n) is 5.01. The molecule has 1 fully saturated rings. The molecular formula is C14H17BrN2. The molecule has 90 valence electrons. The molecule has 0 amide bonds. The number of hydrogen-bond donors (Lipinski definition) is 0. The number of hydrogen-bond acceptors (Lipinski definition) is 1. The monoisotopic (exact) mass is 292 g/mol. The topological polar surface area (TPSA) is 17.3 Å². The Hall–Kier alpha value is -0.830. The molecule has 2 nitrogen and oxygen atoms in total. The Morgan fingerprint density at radius 3 is 2.82 bits per heavy atom. The number of fused-ring (bicyclic) bond motifs is 1. The SMILES string of the molecule is Cc1cccn2c(C3CCCCC3)nc(Br)c12. The van der Waals surface area contributed by atoms with Gasteiger partial charge in [0.2, 0.25) is 0 Å². The molecule has 0 aromatic carbocycles. The molecule has 17 heavy (non-hydrogen) atoms. The summed E-state index contributed by atoms with van der Waals surface area (Å²) >= 11 is 3.60. The molecule has 0 aliphatic heterocycles. The first-order valence-corrected chi connectivity index (χ1v) is 7.20. The minimum atomic E-state index is 0.643. The molecule has 2 aromatic rings. The second kappa shape index (κ2) is 4.45. The highest BCUT2D eigenvalue weighted by Crippen LogP contribution is 2.34. The second-order valence-corrected chi connectivity index (χ2v) is 5.76. The summed E-state index contributed by atoms with van der Waals surface area (Å²) in [6.45, 7) is 2.15. The predicted octanol–water partition coefficient (Wildman–Crippen LogP) is 4.45. The van der Waals surface area contributed by atoms with Crippen molar-refractivity contribution in [3.63, 3.8) is 0 Å². The quantitative estimate of drug-likeness (QED) is 0.759. The number of pyridine rings is 1. The highest BCUT2D eigenvalue weighted by atomic mass is 79.9. The molecule has 0 bridgehead atoms. The van der Waals surface area contributed by atoms with Gasteiger partial charge in [-0.2, -0.15) is 0 Å². The van der Waals surface area contributed by atoms with E-state index in [4.69, 9.17) is 4.98 Å². The van der Waals surface area contributed by atoms with Crippen molar-refractivity contribution < 1.29 is 0 Å². The summed E-state index contributed by atoms with van der Waals surface area (Å²) < 4.78 is 3.27. The molecule has 0 atom stereocenters. The average molecular weight is 293 g/mol. The van der Waals surface area contributed by atoms with E-state index in [1.807, 2.05) is 0 Å². The summed E-state index contributed by atoms with van der Waals surface area (Å²) in [7, 11) is 0. The minimum Gasteiger partial charge on any atom is -0.302 e. The Bertz CT molecular complexity index is 538. The molecule has 0 N–H and O–H groups in total. The zero-order valence-corrected chi connectivity index (χ0v) is 11.7. The highest BCUT2D eigenvalue weighted by molar-refractivity contribution is 9.10. The van der Waals surface area contributed by atoms with Crippen LogP contribution < -0.4 is 0 Å². The lowest BCUT2D eigenvalue weighted by Gasteiger charge is -2.20. The van der Waals surface area contributed by atoms with Crippen molar-refractivity contribution in [3.05, 3.63) is 34.3 Å². The van der Waals surface area contributed by atoms with Gasteiger partial charge >= 0.3 is 0 Å². The average Bonchev–Trinajstić information content (AvgIpc) is 2.69. The number of imidazole rings is 1. The first-order valence-electron chi connectivity index (χ1n) is 6.40. The van der Waals surface area contributed by atoms with Crippen LogP contribution in [-0.2, 0) is 0 Å². The van der Waals surface area contributed by atoms with Crippen molar-refractivity contribution >= 4 is 21.4 Å². The van der Waals surface area contributed by atoms with Crippen molar-refractivity contribution in [2.45, 2.75) is 44.9 Å². The Morgan fingerprint density at radius 2 is 2.06 bits per heavy atom. The standard InChI is InChI=1S/C14H17BrN2/c1-10-6-5-9-17-12(10)13(15)16-14(17)11-7-3-2-4-8-11/h5-6,9,11H,2-4,7-8H2,1H3. The molecule has 3 heteroatoms. The lowest BCUT2D eigenvalue weighted by atomic mass is 9.89. The fourth-order valence-electron chi connectivity index (χ4n) is 2.93. The van der Waals surface area contributed by atoms with E-state index in [0.717, 1.165) is 4.60 Å². The van der Waals surface area contributed by atoms with Crippen molar-refractivity contribution in [3.8, 4) is 0 Å². The van der Waals surface area contributed by atoms with E-state index in [1.165, 1.54) is 49.0 Å². The summed E-state index contributed by atoms with van der Waals surface area (Å²) in [5, 5.41) is 0. The van der Waals surface area contributed by atoms with Gasteiger partial charge in [0.15, 0.2) is 0 Å². The van der Waals surface area contributed by atoms with Gasteiger partial charge in [-0.15, -0.1) is 0 Å². The third-order valence-corrected chi connectivity index (χ3v) is 4.37. The van der Waals surface area contributed by atoms with E-state index in [1.54, 1.807) is 0 Å². The molecule has 1 aliphatic rings. The van der Waals surface area contributed by atoms with Gasteiger partial charge in [0, 0.05) is 12.1 Å².